The van der Waals surface area contributed by atoms with Crippen molar-refractivity contribution < 1.29 is 9.59 Å². The van der Waals surface area contributed by atoms with E-state index in [1.54, 1.807) is 6.92 Å². The molecule has 0 saturated heterocycles. The minimum atomic E-state index is 0.148. The van der Waals surface area contributed by atoms with E-state index in [-0.39, 0.29) is 17.5 Å². The summed E-state index contributed by atoms with van der Waals surface area (Å²) in [5.74, 6) is 0.600. The number of carbonyl (C=O) groups is 2. The van der Waals surface area contributed by atoms with Crippen molar-refractivity contribution in [1.82, 2.24) is 0 Å². The Hall–Kier alpha value is -2.22. The van der Waals surface area contributed by atoms with Crippen LogP contribution in [0.3, 0.4) is 0 Å². The molecule has 0 aliphatic heterocycles. The molecule has 2 aromatic rings. The first kappa shape index (κ1) is 17.1. The third kappa shape index (κ3) is 6.19. The van der Waals surface area contributed by atoms with Crippen molar-refractivity contribution in [2.24, 2.45) is 0 Å². The number of hydrogen-bond acceptors (Lipinski definition) is 2. The van der Waals surface area contributed by atoms with Gasteiger partial charge in [0.05, 0.1) is 0 Å². The zero-order valence-corrected chi connectivity index (χ0v) is 13.7. The smallest absolute Gasteiger partial charge is 0.133 e. The van der Waals surface area contributed by atoms with Gasteiger partial charge in [-0.15, -0.1) is 0 Å². The van der Waals surface area contributed by atoms with Gasteiger partial charge in [-0.1, -0.05) is 60.7 Å². The van der Waals surface area contributed by atoms with Gasteiger partial charge in [0.2, 0.25) is 0 Å². The first-order valence-corrected chi connectivity index (χ1v) is 8.25. The molecule has 0 aliphatic carbocycles. The Balaban J connectivity index is 1.85. The predicted octanol–water partition coefficient (Wildman–Crippen LogP) is 4.73. The zero-order valence-electron chi connectivity index (χ0n) is 13.7. The SMILES string of the molecule is CC(=O)CC(CCC(=O)CCc1ccccc1)c1ccccc1. The fraction of sp³-hybridized carbons (Fsp3) is 0.333. The summed E-state index contributed by atoms with van der Waals surface area (Å²) in [6.07, 6.45) is 3.17. The molecule has 2 aromatic carbocycles. The normalized spacial score (nSPS) is 11.9. The van der Waals surface area contributed by atoms with Crippen LogP contribution in [0.2, 0.25) is 0 Å². The van der Waals surface area contributed by atoms with E-state index in [1.165, 1.54) is 5.56 Å². The van der Waals surface area contributed by atoms with Gasteiger partial charge in [0, 0.05) is 19.3 Å². The average molecular weight is 308 g/mol. The van der Waals surface area contributed by atoms with Crippen molar-refractivity contribution >= 4 is 11.6 Å². The van der Waals surface area contributed by atoms with Gasteiger partial charge in [0.25, 0.3) is 0 Å². The van der Waals surface area contributed by atoms with E-state index in [0.29, 0.717) is 19.3 Å². The monoisotopic (exact) mass is 308 g/mol. The summed E-state index contributed by atoms with van der Waals surface area (Å²) in [6, 6.07) is 20.1. The van der Waals surface area contributed by atoms with Gasteiger partial charge in [-0.3, -0.25) is 4.79 Å². The van der Waals surface area contributed by atoms with Crippen LogP contribution >= 0.6 is 0 Å². The second-order valence-corrected chi connectivity index (χ2v) is 6.08. The molecule has 0 heterocycles. The van der Waals surface area contributed by atoms with Gasteiger partial charge >= 0.3 is 0 Å². The van der Waals surface area contributed by atoms with E-state index in [2.05, 4.69) is 12.1 Å². The molecule has 23 heavy (non-hydrogen) atoms. The minimum Gasteiger partial charge on any atom is -0.300 e. The molecule has 2 rings (SSSR count). The number of ketones is 2. The fourth-order valence-corrected chi connectivity index (χ4v) is 2.85. The van der Waals surface area contributed by atoms with Crippen LogP contribution in [0, 0.1) is 0 Å². The molecule has 0 saturated carbocycles. The second-order valence-electron chi connectivity index (χ2n) is 6.08. The maximum Gasteiger partial charge on any atom is 0.133 e. The molecule has 0 aromatic heterocycles. The molecule has 2 heteroatoms. The molecular formula is C21H24O2. The molecule has 0 fully saturated rings. The van der Waals surface area contributed by atoms with Crippen LogP contribution in [0.1, 0.15) is 49.7 Å². The molecule has 120 valence electrons. The molecule has 0 N–H and O–H groups in total. The van der Waals surface area contributed by atoms with Crippen molar-refractivity contribution in [3.8, 4) is 0 Å². The Morgan fingerprint density at radius 3 is 2.09 bits per heavy atom. The van der Waals surface area contributed by atoms with Gasteiger partial charge in [0.15, 0.2) is 0 Å². The molecule has 1 unspecified atom stereocenters. The summed E-state index contributed by atoms with van der Waals surface area (Å²) < 4.78 is 0. The van der Waals surface area contributed by atoms with Gasteiger partial charge in [-0.2, -0.15) is 0 Å². The molecule has 1 atom stereocenters. The van der Waals surface area contributed by atoms with Crippen molar-refractivity contribution in [2.45, 2.75) is 44.9 Å². The van der Waals surface area contributed by atoms with E-state index in [0.717, 1.165) is 18.4 Å². The Morgan fingerprint density at radius 1 is 0.870 bits per heavy atom. The summed E-state index contributed by atoms with van der Waals surface area (Å²) in [5.41, 5.74) is 2.35. The topological polar surface area (TPSA) is 34.1 Å². The van der Waals surface area contributed by atoms with Crippen LogP contribution in [-0.4, -0.2) is 11.6 Å². The third-order valence-electron chi connectivity index (χ3n) is 4.11. The van der Waals surface area contributed by atoms with Crippen molar-refractivity contribution in [3.05, 3.63) is 71.8 Å². The predicted molar refractivity (Wildman–Crippen MR) is 93.5 cm³/mol. The number of Topliss-reactive ketones (excluding diaryl/α,β-unsaturated/α-hetero) is 2. The zero-order chi connectivity index (χ0) is 16.5. The Bertz CT molecular complexity index is 617. The quantitative estimate of drug-likeness (QED) is 0.671. The van der Waals surface area contributed by atoms with Crippen molar-refractivity contribution in [3.63, 3.8) is 0 Å². The fourth-order valence-electron chi connectivity index (χ4n) is 2.85. The Kier molecular flexibility index (Phi) is 6.74. The number of hydrogen-bond donors (Lipinski definition) is 0. The summed E-state index contributed by atoms with van der Waals surface area (Å²) in [5, 5.41) is 0. The number of benzene rings is 2. The Labute approximate surface area is 138 Å². The highest BCUT2D eigenvalue weighted by Gasteiger charge is 2.15. The second kappa shape index (κ2) is 9.04. The minimum absolute atomic E-state index is 0.148. The van der Waals surface area contributed by atoms with Gasteiger partial charge in [-0.05, 0) is 36.8 Å². The van der Waals surface area contributed by atoms with E-state index >= 15 is 0 Å². The highest BCUT2D eigenvalue weighted by Crippen LogP contribution is 2.25. The van der Waals surface area contributed by atoms with Gasteiger partial charge in [0.1, 0.15) is 11.6 Å². The van der Waals surface area contributed by atoms with Gasteiger partial charge in [-0.25, -0.2) is 0 Å². The molecule has 0 amide bonds. The maximum atomic E-state index is 12.2. The lowest BCUT2D eigenvalue weighted by atomic mass is 9.88. The van der Waals surface area contributed by atoms with E-state index in [1.807, 2.05) is 48.5 Å². The van der Waals surface area contributed by atoms with E-state index < -0.39 is 0 Å². The van der Waals surface area contributed by atoms with E-state index in [4.69, 9.17) is 0 Å². The van der Waals surface area contributed by atoms with Crippen LogP contribution in [0.15, 0.2) is 60.7 Å². The highest BCUT2D eigenvalue weighted by atomic mass is 16.1. The highest BCUT2D eigenvalue weighted by molar-refractivity contribution is 5.79. The standard InChI is InChI=1S/C21H24O2/c1-17(22)16-20(19-10-6-3-7-11-19)13-15-21(23)14-12-18-8-4-2-5-9-18/h2-11,20H,12-16H2,1H3. The van der Waals surface area contributed by atoms with E-state index in [9.17, 15) is 9.59 Å². The lowest BCUT2D eigenvalue weighted by molar-refractivity contribution is -0.120. The summed E-state index contributed by atoms with van der Waals surface area (Å²) in [4.78, 5) is 23.7. The first-order valence-electron chi connectivity index (χ1n) is 8.25. The molecular weight excluding hydrogens is 284 g/mol. The average Bonchev–Trinajstić information content (AvgIpc) is 2.58. The van der Waals surface area contributed by atoms with Crippen LogP contribution in [0.5, 0.6) is 0 Å². The molecule has 0 radical (unpaired) electrons. The number of rotatable bonds is 9. The first-order chi connectivity index (χ1) is 11.1. The largest absolute Gasteiger partial charge is 0.300 e. The lowest BCUT2D eigenvalue weighted by Gasteiger charge is -2.15. The molecule has 2 nitrogen and oxygen atoms in total. The summed E-state index contributed by atoms with van der Waals surface area (Å²) in [7, 11) is 0. The van der Waals surface area contributed by atoms with Crippen LogP contribution in [-0.2, 0) is 16.0 Å². The third-order valence-corrected chi connectivity index (χ3v) is 4.11. The summed E-state index contributed by atoms with van der Waals surface area (Å²) >= 11 is 0. The van der Waals surface area contributed by atoms with Crippen molar-refractivity contribution in [1.29, 1.82) is 0 Å². The molecule has 0 aliphatic rings. The Morgan fingerprint density at radius 2 is 1.48 bits per heavy atom. The van der Waals surface area contributed by atoms with Crippen LogP contribution in [0.4, 0.5) is 0 Å². The lowest BCUT2D eigenvalue weighted by Crippen LogP contribution is -2.08. The molecule has 0 bridgehead atoms. The van der Waals surface area contributed by atoms with Crippen LogP contribution in [0.25, 0.3) is 0 Å². The molecule has 0 spiro atoms. The maximum absolute atomic E-state index is 12.2. The number of aryl methyl sites for hydroxylation is 1. The number of carbonyl (C=O) groups excluding carboxylic acids is 2. The summed E-state index contributed by atoms with van der Waals surface area (Å²) in [6.45, 7) is 1.62. The van der Waals surface area contributed by atoms with Crippen LogP contribution < -0.4 is 0 Å². The van der Waals surface area contributed by atoms with Crippen molar-refractivity contribution in [2.75, 3.05) is 0 Å². The van der Waals surface area contributed by atoms with Gasteiger partial charge < -0.3 is 4.79 Å².